The minimum absolute atomic E-state index is 0.843. The van der Waals surface area contributed by atoms with Crippen LogP contribution in [0.3, 0.4) is 0 Å². The van der Waals surface area contributed by atoms with Crippen molar-refractivity contribution in [3.8, 4) is 0 Å². The first-order chi connectivity index (χ1) is 3.81. The molecule has 0 fully saturated rings. The summed E-state index contributed by atoms with van der Waals surface area (Å²) in [5.74, 6) is 1.02. The Balaban J connectivity index is 3.12. The summed E-state index contributed by atoms with van der Waals surface area (Å²) < 4.78 is 5.20. The molecule has 0 bridgehead atoms. The quantitative estimate of drug-likeness (QED) is 0.512. The van der Waals surface area contributed by atoms with Crippen molar-refractivity contribution >= 4 is 0 Å². The topological polar surface area (TPSA) is 9.23 Å². The van der Waals surface area contributed by atoms with Crippen LogP contribution in [0.25, 0.3) is 0 Å². The van der Waals surface area contributed by atoms with Crippen molar-refractivity contribution < 1.29 is 4.74 Å². The lowest BCUT2D eigenvalue weighted by Crippen LogP contribution is -1.88. The molecule has 0 saturated heterocycles. The molecular weight excluding hydrogens is 100 g/mol. The van der Waals surface area contributed by atoms with Crippen LogP contribution in [0, 0.1) is 0 Å². The minimum Gasteiger partial charge on any atom is -0.499 e. The Morgan fingerprint density at radius 3 is 2.62 bits per heavy atom. The van der Waals surface area contributed by atoms with Crippen molar-refractivity contribution in [2.45, 2.75) is 27.2 Å². The van der Waals surface area contributed by atoms with E-state index in [0.717, 1.165) is 18.8 Å². The summed E-state index contributed by atoms with van der Waals surface area (Å²) in [7, 11) is 0. The predicted octanol–water partition coefficient (Wildman–Crippen LogP) is 2.34. The zero-order valence-electron chi connectivity index (χ0n) is 5.90. The van der Waals surface area contributed by atoms with Gasteiger partial charge in [-0.15, -0.1) is 0 Å². The Morgan fingerprint density at radius 2 is 2.25 bits per heavy atom. The van der Waals surface area contributed by atoms with Crippen LogP contribution in [0.2, 0.25) is 0 Å². The molecule has 0 N–H and O–H groups in total. The molecule has 48 valence electrons. The lowest BCUT2D eigenvalue weighted by molar-refractivity contribution is 0.214. The van der Waals surface area contributed by atoms with Crippen LogP contribution in [-0.4, -0.2) is 6.61 Å². The van der Waals surface area contributed by atoms with E-state index < -0.39 is 0 Å². The molecule has 0 aromatic carbocycles. The number of rotatable bonds is 3. The first kappa shape index (κ1) is 7.54. The van der Waals surface area contributed by atoms with E-state index in [4.69, 9.17) is 4.74 Å². The fourth-order valence-electron chi connectivity index (χ4n) is 0.346. The highest BCUT2D eigenvalue weighted by Gasteiger charge is 1.81. The third-order valence-electron chi connectivity index (χ3n) is 0.940. The largest absolute Gasteiger partial charge is 0.499 e. The van der Waals surface area contributed by atoms with Gasteiger partial charge in [-0.3, -0.25) is 0 Å². The molecule has 0 atom stereocenters. The van der Waals surface area contributed by atoms with Gasteiger partial charge in [0.15, 0.2) is 0 Å². The van der Waals surface area contributed by atoms with E-state index in [9.17, 15) is 0 Å². The Morgan fingerprint density at radius 1 is 1.62 bits per heavy atom. The van der Waals surface area contributed by atoms with Crippen LogP contribution >= 0.6 is 0 Å². The fraction of sp³-hybridized carbons (Fsp3) is 0.714. The van der Waals surface area contributed by atoms with Gasteiger partial charge in [-0.05, 0) is 20.3 Å². The molecule has 0 heterocycles. The molecule has 1 heteroatoms. The lowest BCUT2D eigenvalue weighted by atomic mass is 10.5. The second-order valence-electron chi connectivity index (χ2n) is 1.75. The molecule has 0 amide bonds. The maximum absolute atomic E-state index is 5.20. The smallest absolute Gasteiger partial charge is 0.0886 e. The molecule has 0 aromatic heterocycles. The zero-order valence-corrected chi connectivity index (χ0v) is 5.90. The molecule has 0 aromatic rings. The van der Waals surface area contributed by atoms with E-state index in [0.29, 0.717) is 0 Å². The van der Waals surface area contributed by atoms with Gasteiger partial charge in [0.25, 0.3) is 0 Å². The molecule has 0 aliphatic carbocycles. The van der Waals surface area contributed by atoms with Crippen molar-refractivity contribution in [1.82, 2.24) is 0 Å². The molecule has 0 saturated carbocycles. The molecule has 0 rings (SSSR count). The third kappa shape index (κ3) is 3.72. The summed E-state index contributed by atoms with van der Waals surface area (Å²) in [6.07, 6.45) is 3.06. The number of ether oxygens (including phenoxy) is 1. The van der Waals surface area contributed by atoms with E-state index in [2.05, 4.69) is 6.92 Å². The Kier molecular flexibility index (Phi) is 4.42. The highest BCUT2D eigenvalue weighted by Crippen LogP contribution is 1.94. The molecular formula is C7H14O. The van der Waals surface area contributed by atoms with E-state index >= 15 is 0 Å². The lowest BCUT2D eigenvalue weighted by Gasteiger charge is -2.01. The second kappa shape index (κ2) is 4.69. The highest BCUT2D eigenvalue weighted by molar-refractivity contribution is 4.83. The minimum atomic E-state index is 0.843. The average molecular weight is 114 g/mol. The molecule has 0 unspecified atom stereocenters. The summed E-state index contributed by atoms with van der Waals surface area (Å²) in [5.41, 5.74) is 0. The maximum Gasteiger partial charge on any atom is 0.0886 e. The standard InChI is InChI=1S/C7H14O/c1-4-6-8-7(3)5-2/h5H,4,6H2,1-3H3/b7-5+. The Hall–Kier alpha value is -0.460. The molecule has 0 aliphatic heterocycles. The van der Waals surface area contributed by atoms with Gasteiger partial charge >= 0.3 is 0 Å². The van der Waals surface area contributed by atoms with Crippen LogP contribution in [0.4, 0.5) is 0 Å². The van der Waals surface area contributed by atoms with Gasteiger partial charge in [0.2, 0.25) is 0 Å². The number of hydrogen-bond donors (Lipinski definition) is 0. The van der Waals surface area contributed by atoms with Gasteiger partial charge in [0.1, 0.15) is 0 Å². The van der Waals surface area contributed by atoms with Gasteiger partial charge < -0.3 is 4.74 Å². The number of allylic oxidation sites excluding steroid dienone is 2. The molecule has 8 heavy (non-hydrogen) atoms. The predicted molar refractivity (Wildman–Crippen MR) is 35.7 cm³/mol. The summed E-state index contributed by atoms with van der Waals surface area (Å²) in [6, 6.07) is 0. The average Bonchev–Trinajstić information content (AvgIpc) is 1.83. The summed E-state index contributed by atoms with van der Waals surface area (Å²) in [4.78, 5) is 0. The van der Waals surface area contributed by atoms with Gasteiger partial charge in [0.05, 0.1) is 12.4 Å². The van der Waals surface area contributed by atoms with Crippen LogP contribution in [-0.2, 0) is 4.74 Å². The van der Waals surface area contributed by atoms with E-state index in [1.807, 2.05) is 19.9 Å². The van der Waals surface area contributed by atoms with Gasteiger partial charge in [-0.2, -0.15) is 0 Å². The molecule has 1 nitrogen and oxygen atoms in total. The van der Waals surface area contributed by atoms with Crippen molar-refractivity contribution in [3.63, 3.8) is 0 Å². The SMILES string of the molecule is C/C=C(\C)OCCC. The van der Waals surface area contributed by atoms with Crippen LogP contribution in [0.1, 0.15) is 27.2 Å². The third-order valence-corrected chi connectivity index (χ3v) is 0.940. The zero-order chi connectivity index (χ0) is 6.41. The number of hydrogen-bond acceptors (Lipinski definition) is 1. The first-order valence-corrected chi connectivity index (χ1v) is 3.07. The molecule has 0 radical (unpaired) electrons. The monoisotopic (exact) mass is 114 g/mol. The first-order valence-electron chi connectivity index (χ1n) is 3.07. The summed E-state index contributed by atoms with van der Waals surface area (Å²) in [6.45, 7) is 6.89. The van der Waals surface area contributed by atoms with Crippen molar-refractivity contribution in [2.75, 3.05) is 6.61 Å². The summed E-state index contributed by atoms with van der Waals surface area (Å²) >= 11 is 0. The van der Waals surface area contributed by atoms with Crippen molar-refractivity contribution in [1.29, 1.82) is 0 Å². The van der Waals surface area contributed by atoms with Crippen molar-refractivity contribution in [3.05, 3.63) is 11.8 Å². The Labute approximate surface area is 51.4 Å². The van der Waals surface area contributed by atoms with E-state index in [1.54, 1.807) is 0 Å². The molecule has 0 aliphatic rings. The van der Waals surface area contributed by atoms with Crippen LogP contribution in [0.5, 0.6) is 0 Å². The summed E-state index contributed by atoms with van der Waals surface area (Å²) in [5, 5.41) is 0. The van der Waals surface area contributed by atoms with Gasteiger partial charge in [-0.25, -0.2) is 0 Å². The van der Waals surface area contributed by atoms with Crippen molar-refractivity contribution in [2.24, 2.45) is 0 Å². The molecule has 0 spiro atoms. The van der Waals surface area contributed by atoms with Gasteiger partial charge in [-0.1, -0.05) is 13.0 Å². The van der Waals surface area contributed by atoms with E-state index in [-0.39, 0.29) is 0 Å². The highest BCUT2D eigenvalue weighted by atomic mass is 16.5. The van der Waals surface area contributed by atoms with Gasteiger partial charge in [0, 0.05) is 0 Å². The van der Waals surface area contributed by atoms with Crippen LogP contribution in [0.15, 0.2) is 11.8 Å². The maximum atomic E-state index is 5.20. The second-order valence-corrected chi connectivity index (χ2v) is 1.75. The van der Waals surface area contributed by atoms with Crippen LogP contribution < -0.4 is 0 Å². The van der Waals surface area contributed by atoms with E-state index in [1.165, 1.54) is 0 Å². The Bertz CT molecular complexity index is 74.5. The fourth-order valence-corrected chi connectivity index (χ4v) is 0.346. The normalized spacial score (nSPS) is 11.6.